The van der Waals surface area contributed by atoms with E-state index < -0.39 is 0 Å². The monoisotopic (exact) mass is 567 g/mol. The standard InChI is InChI=1S/C24H33N5O3.HI/c1-4-31-21-13-19-12-17(2)32-22(19)14-20(21)16-28-24(25-3)27-15-18-6-5-7-26-23(18)29-8-10-30-11-9-29;/h5-7,13-14,17H,4,8-12,15-16H2,1-3H3,(H2,25,27,28);1H. The molecule has 180 valence electrons. The van der Waals surface area contributed by atoms with Crippen molar-refractivity contribution < 1.29 is 14.2 Å². The molecule has 2 aromatic rings. The predicted octanol–water partition coefficient (Wildman–Crippen LogP) is 3.12. The van der Waals surface area contributed by atoms with E-state index in [4.69, 9.17) is 14.2 Å². The van der Waals surface area contributed by atoms with E-state index in [9.17, 15) is 0 Å². The number of nitrogens with one attached hydrogen (secondary N) is 2. The number of pyridine rings is 1. The van der Waals surface area contributed by atoms with Crippen LogP contribution in [0, 0.1) is 0 Å². The smallest absolute Gasteiger partial charge is 0.191 e. The minimum Gasteiger partial charge on any atom is -0.494 e. The summed E-state index contributed by atoms with van der Waals surface area (Å²) in [5.74, 6) is 3.57. The molecule has 2 aliphatic rings. The number of guanidine groups is 1. The Morgan fingerprint density at radius 2 is 1.97 bits per heavy atom. The lowest BCUT2D eigenvalue weighted by molar-refractivity contribution is 0.122. The molecular formula is C24H34IN5O3. The molecule has 0 aliphatic carbocycles. The summed E-state index contributed by atoms with van der Waals surface area (Å²) in [5, 5.41) is 6.82. The summed E-state index contributed by atoms with van der Waals surface area (Å²) < 4.78 is 17.3. The van der Waals surface area contributed by atoms with Crippen LogP contribution >= 0.6 is 24.0 Å². The number of aromatic nitrogens is 1. The number of benzene rings is 1. The van der Waals surface area contributed by atoms with Crippen molar-refractivity contribution in [3.8, 4) is 11.5 Å². The third-order valence-electron chi connectivity index (χ3n) is 5.67. The highest BCUT2D eigenvalue weighted by atomic mass is 127. The number of fused-ring (bicyclic) bond motifs is 1. The van der Waals surface area contributed by atoms with Crippen LogP contribution in [-0.2, 0) is 24.2 Å². The Morgan fingerprint density at radius 1 is 1.21 bits per heavy atom. The normalized spacial score (nSPS) is 17.6. The number of aliphatic imine (C=N–C) groups is 1. The van der Waals surface area contributed by atoms with E-state index >= 15 is 0 Å². The fraction of sp³-hybridized carbons (Fsp3) is 0.500. The summed E-state index contributed by atoms with van der Waals surface area (Å²) in [5.41, 5.74) is 3.39. The highest BCUT2D eigenvalue weighted by molar-refractivity contribution is 14.0. The quantitative estimate of drug-likeness (QED) is 0.303. The first kappa shape index (κ1) is 25.4. The number of ether oxygens (including phenoxy) is 3. The number of hydrogen-bond acceptors (Lipinski definition) is 6. The maximum absolute atomic E-state index is 5.94. The molecule has 1 aromatic carbocycles. The van der Waals surface area contributed by atoms with Crippen molar-refractivity contribution in [3.63, 3.8) is 0 Å². The van der Waals surface area contributed by atoms with Gasteiger partial charge in [-0.3, -0.25) is 4.99 Å². The van der Waals surface area contributed by atoms with Gasteiger partial charge in [0.1, 0.15) is 23.4 Å². The maximum Gasteiger partial charge on any atom is 0.191 e. The Hall–Kier alpha value is -2.27. The van der Waals surface area contributed by atoms with Crippen molar-refractivity contribution in [2.24, 2.45) is 4.99 Å². The summed E-state index contributed by atoms with van der Waals surface area (Å²) in [6.45, 7) is 9.12. The first-order valence-corrected chi connectivity index (χ1v) is 11.3. The fourth-order valence-electron chi connectivity index (χ4n) is 4.12. The first-order chi connectivity index (χ1) is 15.7. The molecule has 33 heavy (non-hydrogen) atoms. The SMILES string of the molecule is CCOc1cc2c(cc1CNC(=NC)NCc1cccnc1N1CCOCC1)OC(C)C2.I. The third-order valence-corrected chi connectivity index (χ3v) is 5.67. The molecule has 1 fully saturated rings. The molecule has 3 heterocycles. The summed E-state index contributed by atoms with van der Waals surface area (Å²) >= 11 is 0. The van der Waals surface area contributed by atoms with E-state index in [1.807, 2.05) is 19.2 Å². The van der Waals surface area contributed by atoms with Crippen LogP contribution in [0.2, 0.25) is 0 Å². The van der Waals surface area contributed by atoms with E-state index in [1.54, 1.807) is 7.05 Å². The topological polar surface area (TPSA) is 80.2 Å². The van der Waals surface area contributed by atoms with Crippen molar-refractivity contribution in [1.29, 1.82) is 0 Å². The van der Waals surface area contributed by atoms with Crippen molar-refractivity contribution in [2.45, 2.75) is 39.5 Å². The van der Waals surface area contributed by atoms with E-state index in [2.05, 4.69) is 50.6 Å². The molecule has 2 N–H and O–H groups in total. The lowest BCUT2D eigenvalue weighted by Crippen LogP contribution is -2.39. The Balaban J connectivity index is 0.00000306. The molecule has 0 saturated carbocycles. The molecule has 9 heteroatoms. The second-order valence-electron chi connectivity index (χ2n) is 8.00. The third kappa shape index (κ3) is 6.41. The van der Waals surface area contributed by atoms with Crippen LogP contribution < -0.4 is 25.0 Å². The van der Waals surface area contributed by atoms with Gasteiger partial charge in [0, 0.05) is 62.5 Å². The van der Waals surface area contributed by atoms with Gasteiger partial charge in [0.2, 0.25) is 0 Å². The summed E-state index contributed by atoms with van der Waals surface area (Å²) in [6, 6.07) is 8.27. The van der Waals surface area contributed by atoms with Crippen LogP contribution in [0.5, 0.6) is 11.5 Å². The van der Waals surface area contributed by atoms with Crippen molar-refractivity contribution in [1.82, 2.24) is 15.6 Å². The van der Waals surface area contributed by atoms with Gasteiger partial charge in [-0.1, -0.05) is 6.07 Å². The molecule has 0 radical (unpaired) electrons. The number of halogens is 1. The van der Waals surface area contributed by atoms with E-state index in [1.165, 1.54) is 5.56 Å². The lowest BCUT2D eigenvalue weighted by atomic mass is 10.1. The molecule has 8 nitrogen and oxygen atoms in total. The highest BCUT2D eigenvalue weighted by Gasteiger charge is 2.22. The van der Waals surface area contributed by atoms with Crippen LogP contribution in [-0.4, -0.2) is 57.0 Å². The molecule has 1 unspecified atom stereocenters. The van der Waals surface area contributed by atoms with Gasteiger partial charge >= 0.3 is 0 Å². The lowest BCUT2D eigenvalue weighted by Gasteiger charge is -2.29. The Kier molecular flexibility index (Phi) is 9.42. The van der Waals surface area contributed by atoms with Gasteiger partial charge in [-0.2, -0.15) is 0 Å². The van der Waals surface area contributed by atoms with Crippen molar-refractivity contribution in [3.05, 3.63) is 47.2 Å². The van der Waals surface area contributed by atoms with E-state index in [-0.39, 0.29) is 30.1 Å². The number of hydrogen-bond donors (Lipinski definition) is 2. The maximum atomic E-state index is 5.94. The molecule has 0 bridgehead atoms. The largest absolute Gasteiger partial charge is 0.494 e. The first-order valence-electron chi connectivity index (χ1n) is 11.3. The zero-order valence-corrected chi connectivity index (χ0v) is 21.9. The van der Waals surface area contributed by atoms with Crippen LogP contribution in [0.3, 0.4) is 0 Å². The second kappa shape index (κ2) is 12.3. The van der Waals surface area contributed by atoms with Gasteiger partial charge in [-0.25, -0.2) is 4.98 Å². The van der Waals surface area contributed by atoms with Gasteiger partial charge in [0.05, 0.1) is 19.8 Å². The van der Waals surface area contributed by atoms with E-state index in [0.29, 0.717) is 19.7 Å². The minimum atomic E-state index is 0. The van der Waals surface area contributed by atoms with Gasteiger partial charge in [0.25, 0.3) is 0 Å². The van der Waals surface area contributed by atoms with Crippen molar-refractivity contribution in [2.75, 3.05) is 44.9 Å². The Morgan fingerprint density at radius 3 is 2.70 bits per heavy atom. The van der Waals surface area contributed by atoms with Crippen LogP contribution in [0.1, 0.15) is 30.5 Å². The molecule has 4 rings (SSSR count). The van der Waals surface area contributed by atoms with Crippen LogP contribution in [0.25, 0.3) is 0 Å². The van der Waals surface area contributed by atoms with Gasteiger partial charge < -0.3 is 29.7 Å². The molecular weight excluding hydrogens is 533 g/mol. The molecule has 2 aliphatic heterocycles. The zero-order chi connectivity index (χ0) is 22.3. The van der Waals surface area contributed by atoms with E-state index in [0.717, 1.165) is 67.1 Å². The summed E-state index contributed by atoms with van der Waals surface area (Å²) in [4.78, 5) is 11.3. The van der Waals surface area contributed by atoms with Gasteiger partial charge in [0.15, 0.2) is 5.96 Å². The average molecular weight is 567 g/mol. The minimum absolute atomic E-state index is 0. The number of rotatable bonds is 7. The molecule has 1 aromatic heterocycles. The Labute approximate surface area is 213 Å². The highest BCUT2D eigenvalue weighted by Crippen LogP contribution is 2.35. The molecule has 1 atom stereocenters. The molecule has 0 spiro atoms. The van der Waals surface area contributed by atoms with Crippen LogP contribution in [0.15, 0.2) is 35.5 Å². The zero-order valence-electron chi connectivity index (χ0n) is 19.6. The van der Waals surface area contributed by atoms with Crippen LogP contribution in [0.4, 0.5) is 5.82 Å². The summed E-state index contributed by atoms with van der Waals surface area (Å²) in [7, 11) is 1.78. The predicted molar refractivity (Wildman–Crippen MR) is 141 cm³/mol. The van der Waals surface area contributed by atoms with Gasteiger partial charge in [-0.15, -0.1) is 24.0 Å². The Bertz CT molecular complexity index is 950. The molecule has 0 amide bonds. The number of anilines is 1. The average Bonchev–Trinajstić information content (AvgIpc) is 3.19. The number of morpholine rings is 1. The number of nitrogens with zero attached hydrogens (tertiary/aromatic N) is 3. The fourth-order valence-corrected chi connectivity index (χ4v) is 4.12. The summed E-state index contributed by atoms with van der Waals surface area (Å²) in [6.07, 6.45) is 2.97. The van der Waals surface area contributed by atoms with Gasteiger partial charge in [-0.05, 0) is 32.0 Å². The molecule has 1 saturated heterocycles. The second-order valence-corrected chi connectivity index (χ2v) is 8.00. The van der Waals surface area contributed by atoms with Crippen molar-refractivity contribution >= 4 is 35.8 Å².